The van der Waals surface area contributed by atoms with Crippen LogP contribution in [0.15, 0.2) is 24.3 Å². The summed E-state index contributed by atoms with van der Waals surface area (Å²) in [4.78, 5) is 14.2. The maximum Gasteiger partial charge on any atom is 0.222 e. The van der Waals surface area contributed by atoms with Crippen LogP contribution in [-0.4, -0.2) is 35.1 Å². The van der Waals surface area contributed by atoms with Gasteiger partial charge in [0.25, 0.3) is 0 Å². The molecule has 1 N–H and O–H groups in total. The average molecular weight is 275 g/mol. The van der Waals surface area contributed by atoms with Gasteiger partial charge in [-0.25, -0.2) is 0 Å². The van der Waals surface area contributed by atoms with Crippen LogP contribution in [0.5, 0.6) is 0 Å². The molecule has 110 valence electrons. The van der Waals surface area contributed by atoms with E-state index < -0.39 is 0 Å². The van der Waals surface area contributed by atoms with Gasteiger partial charge in [0.05, 0.1) is 6.10 Å². The fourth-order valence-electron chi connectivity index (χ4n) is 2.92. The van der Waals surface area contributed by atoms with Crippen LogP contribution in [0.1, 0.15) is 37.3 Å². The number of piperidine rings is 1. The molecule has 1 unspecified atom stereocenters. The quantitative estimate of drug-likeness (QED) is 0.917. The number of nitrogens with zero attached hydrogens (tertiary/aromatic N) is 1. The molecule has 1 saturated heterocycles. The number of carbonyl (C=O) groups is 1. The van der Waals surface area contributed by atoms with E-state index in [9.17, 15) is 9.90 Å². The van der Waals surface area contributed by atoms with Crippen LogP contribution >= 0.6 is 0 Å². The number of amides is 1. The predicted molar refractivity (Wildman–Crippen MR) is 80.5 cm³/mol. The third-order valence-corrected chi connectivity index (χ3v) is 4.44. The smallest absolute Gasteiger partial charge is 0.222 e. The first-order valence-electron chi connectivity index (χ1n) is 7.58. The van der Waals surface area contributed by atoms with Crippen molar-refractivity contribution in [1.82, 2.24) is 4.90 Å². The van der Waals surface area contributed by atoms with Gasteiger partial charge in [0, 0.05) is 19.5 Å². The largest absolute Gasteiger partial charge is 0.393 e. The summed E-state index contributed by atoms with van der Waals surface area (Å²) in [5.41, 5.74) is 2.52. The average Bonchev–Trinajstić information content (AvgIpc) is 2.46. The van der Waals surface area contributed by atoms with Crippen LogP contribution in [0.3, 0.4) is 0 Å². The van der Waals surface area contributed by atoms with Crippen molar-refractivity contribution >= 4 is 5.91 Å². The summed E-state index contributed by atoms with van der Waals surface area (Å²) in [6.45, 7) is 5.53. The minimum absolute atomic E-state index is 0.247. The summed E-state index contributed by atoms with van der Waals surface area (Å²) >= 11 is 0. The molecule has 1 aliphatic rings. The standard InChI is InChI=1S/C17H25NO2/c1-13-5-3-4-6-15(13)7-8-17(20)18-11-9-16(10-12-18)14(2)19/h3-6,14,16,19H,7-12H2,1-2H3. The molecule has 20 heavy (non-hydrogen) atoms. The van der Waals surface area contributed by atoms with E-state index in [0.717, 1.165) is 32.4 Å². The van der Waals surface area contributed by atoms with Crippen LogP contribution < -0.4 is 0 Å². The van der Waals surface area contributed by atoms with E-state index >= 15 is 0 Å². The fraction of sp³-hybridized carbons (Fsp3) is 0.588. The van der Waals surface area contributed by atoms with Crippen molar-refractivity contribution in [2.75, 3.05) is 13.1 Å². The molecule has 1 aromatic rings. The Balaban J connectivity index is 1.80. The fourth-order valence-corrected chi connectivity index (χ4v) is 2.92. The summed E-state index contributed by atoms with van der Waals surface area (Å²) in [7, 11) is 0. The lowest BCUT2D eigenvalue weighted by atomic mass is 9.92. The molecule has 1 fully saturated rings. The number of aliphatic hydroxyl groups is 1. The Labute approximate surface area is 121 Å². The normalized spacial score (nSPS) is 18.1. The van der Waals surface area contributed by atoms with Gasteiger partial charge in [-0.05, 0) is 50.2 Å². The molecule has 2 rings (SSSR count). The highest BCUT2D eigenvalue weighted by Crippen LogP contribution is 2.21. The van der Waals surface area contributed by atoms with E-state index in [4.69, 9.17) is 0 Å². The van der Waals surface area contributed by atoms with Crippen molar-refractivity contribution in [1.29, 1.82) is 0 Å². The third kappa shape index (κ3) is 3.83. The molecule has 1 aliphatic heterocycles. The lowest BCUT2D eigenvalue weighted by molar-refractivity contribution is -0.133. The first-order chi connectivity index (χ1) is 9.58. The van der Waals surface area contributed by atoms with Gasteiger partial charge in [-0.3, -0.25) is 4.79 Å². The van der Waals surface area contributed by atoms with Gasteiger partial charge in [-0.2, -0.15) is 0 Å². The lowest BCUT2D eigenvalue weighted by Gasteiger charge is -2.33. The van der Waals surface area contributed by atoms with Crippen LogP contribution in [0.4, 0.5) is 0 Å². The van der Waals surface area contributed by atoms with E-state index in [1.807, 2.05) is 24.0 Å². The molecule has 1 amide bonds. The number of rotatable bonds is 4. The predicted octanol–water partition coefficient (Wildman–Crippen LogP) is 2.55. The Morgan fingerprint density at radius 2 is 2.00 bits per heavy atom. The van der Waals surface area contributed by atoms with Crippen molar-refractivity contribution in [3.05, 3.63) is 35.4 Å². The van der Waals surface area contributed by atoms with E-state index in [2.05, 4.69) is 19.1 Å². The van der Waals surface area contributed by atoms with Crippen LogP contribution in [0.25, 0.3) is 0 Å². The van der Waals surface area contributed by atoms with Crippen molar-refractivity contribution < 1.29 is 9.90 Å². The zero-order valence-corrected chi connectivity index (χ0v) is 12.5. The number of likely N-dealkylation sites (tertiary alicyclic amines) is 1. The van der Waals surface area contributed by atoms with Crippen LogP contribution in [0.2, 0.25) is 0 Å². The molecule has 0 spiro atoms. The summed E-state index contributed by atoms with van der Waals surface area (Å²) in [5, 5.41) is 9.58. The minimum atomic E-state index is -0.251. The van der Waals surface area contributed by atoms with Gasteiger partial charge in [0.1, 0.15) is 0 Å². The molecule has 0 saturated carbocycles. The minimum Gasteiger partial charge on any atom is -0.393 e. The van der Waals surface area contributed by atoms with E-state index in [0.29, 0.717) is 12.3 Å². The molecule has 1 heterocycles. The Hall–Kier alpha value is -1.35. The number of carbonyl (C=O) groups excluding carboxylic acids is 1. The zero-order chi connectivity index (χ0) is 14.5. The second kappa shape index (κ2) is 6.89. The third-order valence-electron chi connectivity index (χ3n) is 4.44. The Morgan fingerprint density at radius 3 is 2.60 bits per heavy atom. The first kappa shape index (κ1) is 15.0. The van der Waals surface area contributed by atoms with Gasteiger partial charge >= 0.3 is 0 Å². The van der Waals surface area contributed by atoms with Crippen LogP contribution in [-0.2, 0) is 11.2 Å². The number of hydrogen-bond donors (Lipinski definition) is 1. The molecule has 0 radical (unpaired) electrons. The highest BCUT2D eigenvalue weighted by Gasteiger charge is 2.25. The molecule has 0 bridgehead atoms. The monoisotopic (exact) mass is 275 g/mol. The van der Waals surface area contributed by atoms with Gasteiger partial charge in [-0.15, -0.1) is 0 Å². The Morgan fingerprint density at radius 1 is 1.35 bits per heavy atom. The van der Waals surface area contributed by atoms with Crippen molar-refractivity contribution in [2.24, 2.45) is 5.92 Å². The topological polar surface area (TPSA) is 40.5 Å². The molecule has 1 aromatic carbocycles. The second-order valence-corrected chi connectivity index (χ2v) is 5.89. The number of hydrogen-bond acceptors (Lipinski definition) is 2. The van der Waals surface area contributed by atoms with Gasteiger partial charge in [-0.1, -0.05) is 24.3 Å². The summed E-state index contributed by atoms with van der Waals surface area (Å²) in [6, 6.07) is 8.25. The van der Waals surface area contributed by atoms with Crippen molar-refractivity contribution in [2.45, 2.75) is 45.6 Å². The maximum absolute atomic E-state index is 12.2. The molecule has 3 heteroatoms. The maximum atomic E-state index is 12.2. The highest BCUT2D eigenvalue weighted by molar-refractivity contribution is 5.76. The second-order valence-electron chi connectivity index (χ2n) is 5.89. The van der Waals surface area contributed by atoms with E-state index in [1.54, 1.807) is 0 Å². The van der Waals surface area contributed by atoms with E-state index in [1.165, 1.54) is 11.1 Å². The highest BCUT2D eigenvalue weighted by atomic mass is 16.3. The van der Waals surface area contributed by atoms with E-state index in [-0.39, 0.29) is 12.0 Å². The molecular formula is C17H25NO2. The first-order valence-corrected chi connectivity index (χ1v) is 7.58. The van der Waals surface area contributed by atoms with Crippen molar-refractivity contribution in [3.8, 4) is 0 Å². The van der Waals surface area contributed by atoms with Gasteiger partial charge < -0.3 is 10.0 Å². The Bertz CT molecular complexity index is 448. The zero-order valence-electron chi connectivity index (χ0n) is 12.5. The molecule has 3 nitrogen and oxygen atoms in total. The number of aliphatic hydroxyl groups excluding tert-OH is 1. The summed E-state index contributed by atoms with van der Waals surface area (Å²) < 4.78 is 0. The number of aryl methyl sites for hydroxylation is 2. The van der Waals surface area contributed by atoms with Crippen LogP contribution in [0, 0.1) is 12.8 Å². The molecule has 0 aliphatic carbocycles. The lowest BCUT2D eigenvalue weighted by Crippen LogP contribution is -2.40. The molecule has 0 aromatic heterocycles. The van der Waals surface area contributed by atoms with Crippen molar-refractivity contribution in [3.63, 3.8) is 0 Å². The molecule has 1 atom stereocenters. The molecular weight excluding hydrogens is 250 g/mol. The SMILES string of the molecule is Cc1ccccc1CCC(=O)N1CCC(C(C)O)CC1. The van der Waals surface area contributed by atoms with Gasteiger partial charge in [0.15, 0.2) is 0 Å². The number of benzene rings is 1. The summed E-state index contributed by atoms with van der Waals surface area (Å²) in [6.07, 6.45) is 3.01. The van der Waals surface area contributed by atoms with Gasteiger partial charge in [0.2, 0.25) is 5.91 Å². The Kier molecular flexibility index (Phi) is 5.18. The summed E-state index contributed by atoms with van der Waals surface area (Å²) in [5.74, 6) is 0.604.